The lowest BCUT2D eigenvalue weighted by Crippen LogP contribution is -2.42. The topological polar surface area (TPSA) is 81.9 Å². The summed E-state index contributed by atoms with van der Waals surface area (Å²) in [6.45, 7) is 7.09. The number of aromatic nitrogens is 4. The van der Waals surface area contributed by atoms with Crippen LogP contribution in [0.25, 0.3) is 0 Å². The van der Waals surface area contributed by atoms with E-state index in [-0.39, 0.29) is 23.2 Å². The Bertz CT molecular complexity index is 900. The Morgan fingerprint density at radius 3 is 2.76 bits per heavy atom. The molecule has 2 heterocycles. The zero-order chi connectivity index (χ0) is 20.4. The highest BCUT2D eigenvalue weighted by atomic mass is 16.5. The van der Waals surface area contributed by atoms with Gasteiger partial charge in [-0.15, -0.1) is 0 Å². The fourth-order valence-electron chi connectivity index (χ4n) is 4.30. The highest BCUT2D eigenvalue weighted by molar-refractivity contribution is 5.88. The van der Waals surface area contributed by atoms with E-state index >= 15 is 0 Å². The molecule has 0 fully saturated rings. The summed E-state index contributed by atoms with van der Waals surface area (Å²) in [5.74, 6) is 1.32. The highest BCUT2D eigenvalue weighted by Gasteiger charge is 2.44. The van der Waals surface area contributed by atoms with Gasteiger partial charge in [0.2, 0.25) is 5.95 Å². The monoisotopic (exact) mass is 395 g/mol. The van der Waals surface area contributed by atoms with Crippen LogP contribution in [0.15, 0.2) is 36.0 Å². The summed E-state index contributed by atoms with van der Waals surface area (Å²) < 4.78 is 7.59. The van der Waals surface area contributed by atoms with Crippen LogP contribution in [-0.4, -0.2) is 32.6 Å². The number of Topliss-reactive ketones (excluding diaryl/α,β-unsaturated/α-hetero) is 1. The number of fused-ring (bicyclic) bond motifs is 2. The normalized spacial score (nSPS) is 22.3. The van der Waals surface area contributed by atoms with Crippen LogP contribution in [0.3, 0.4) is 0 Å². The lowest BCUT2D eigenvalue weighted by Gasteiger charge is -2.39. The lowest BCUT2D eigenvalue weighted by atomic mass is 9.72. The Balaban J connectivity index is 1.57. The molecular formula is C22H29N5O2. The van der Waals surface area contributed by atoms with Crippen molar-refractivity contribution < 1.29 is 9.53 Å². The fourth-order valence-corrected chi connectivity index (χ4v) is 4.30. The number of carbonyl (C=O) groups excluding carboxylic acids is 1. The number of nitrogens with one attached hydrogen (secondary N) is 1. The largest absolute Gasteiger partial charge is 0.494 e. The number of allylic oxidation sites excluding steroid dienone is 2. The molecule has 2 atom stereocenters. The van der Waals surface area contributed by atoms with Crippen molar-refractivity contribution in [3.8, 4) is 5.75 Å². The van der Waals surface area contributed by atoms with Crippen LogP contribution in [0, 0.1) is 11.3 Å². The molecule has 2 unspecified atom stereocenters. The molecule has 0 amide bonds. The SMILES string of the molecule is CCCCCCOc1ccc(C2C3C(=O)CC(C)(C)C=C3Nc3nnnn32)cc1. The third kappa shape index (κ3) is 4.04. The molecule has 7 nitrogen and oxygen atoms in total. The molecule has 0 radical (unpaired) electrons. The van der Waals surface area contributed by atoms with Crippen LogP contribution in [-0.2, 0) is 4.79 Å². The van der Waals surface area contributed by atoms with E-state index < -0.39 is 0 Å². The Kier molecular flexibility index (Phi) is 5.39. The fraction of sp³-hybridized carbons (Fsp3) is 0.545. The molecule has 2 aromatic rings. The number of hydrogen-bond acceptors (Lipinski definition) is 6. The average molecular weight is 396 g/mol. The van der Waals surface area contributed by atoms with Gasteiger partial charge in [0.15, 0.2) is 0 Å². The molecule has 1 aromatic heterocycles. The zero-order valence-corrected chi connectivity index (χ0v) is 17.4. The summed E-state index contributed by atoms with van der Waals surface area (Å²) in [5, 5.41) is 15.3. The molecule has 0 spiro atoms. The van der Waals surface area contributed by atoms with E-state index in [1.54, 1.807) is 4.68 Å². The van der Waals surface area contributed by atoms with Crippen molar-refractivity contribution in [2.45, 2.75) is 58.9 Å². The Morgan fingerprint density at radius 2 is 2.00 bits per heavy atom. The number of anilines is 1. The molecule has 29 heavy (non-hydrogen) atoms. The van der Waals surface area contributed by atoms with Gasteiger partial charge in [0.1, 0.15) is 11.5 Å². The van der Waals surface area contributed by atoms with Crippen molar-refractivity contribution >= 4 is 11.7 Å². The van der Waals surface area contributed by atoms with Crippen molar-refractivity contribution in [3.05, 3.63) is 41.6 Å². The van der Waals surface area contributed by atoms with Crippen molar-refractivity contribution in [1.82, 2.24) is 20.2 Å². The van der Waals surface area contributed by atoms with Crippen molar-refractivity contribution in [2.24, 2.45) is 11.3 Å². The molecule has 154 valence electrons. The van der Waals surface area contributed by atoms with Gasteiger partial charge in [-0.1, -0.05) is 63.3 Å². The van der Waals surface area contributed by atoms with Gasteiger partial charge in [-0.2, -0.15) is 0 Å². The zero-order valence-electron chi connectivity index (χ0n) is 17.4. The average Bonchev–Trinajstić information content (AvgIpc) is 3.14. The number of carbonyl (C=O) groups is 1. The van der Waals surface area contributed by atoms with E-state index in [1.807, 2.05) is 24.3 Å². The summed E-state index contributed by atoms with van der Waals surface area (Å²) in [6, 6.07) is 7.74. The summed E-state index contributed by atoms with van der Waals surface area (Å²) in [5.41, 5.74) is 1.73. The van der Waals surface area contributed by atoms with Gasteiger partial charge >= 0.3 is 0 Å². The van der Waals surface area contributed by atoms with E-state index in [0.717, 1.165) is 30.0 Å². The minimum Gasteiger partial charge on any atom is -0.494 e. The summed E-state index contributed by atoms with van der Waals surface area (Å²) in [7, 11) is 0. The molecule has 1 N–H and O–H groups in total. The highest BCUT2D eigenvalue weighted by Crippen LogP contribution is 2.44. The van der Waals surface area contributed by atoms with Crippen LogP contribution < -0.4 is 10.1 Å². The van der Waals surface area contributed by atoms with E-state index in [9.17, 15) is 4.79 Å². The number of rotatable bonds is 7. The standard InChI is InChI=1S/C22H29N5O2/c1-4-5-6-7-12-29-16-10-8-15(9-11-16)20-19-17(13-22(2,3)14-18(19)28)23-21-24-25-26-27(20)21/h8-11,13,19-20H,4-7,12,14H2,1-3H3,(H,23,24,26). The van der Waals surface area contributed by atoms with E-state index in [4.69, 9.17) is 4.74 Å². The number of ether oxygens (including phenoxy) is 1. The van der Waals surface area contributed by atoms with Crippen molar-refractivity contribution in [1.29, 1.82) is 0 Å². The maximum atomic E-state index is 13.1. The maximum absolute atomic E-state index is 13.1. The van der Waals surface area contributed by atoms with Gasteiger partial charge in [0.05, 0.1) is 18.6 Å². The number of unbranched alkanes of at least 4 members (excludes halogenated alkanes) is 3. The second-order valence-electron chi connectivity index (χ2n) is 8.70. The van der Waals surface area contributed by atoms with Gasteiger partial charge in [-0.05, 0) is 40.0 Å². The van der Waals surface area contributed by atoms with Crippen LogP contribution in [0.5, 0.6) is 5.75 Å². The van der Waals surface area contributed by atoms with Crippen molar-refractivity contribution in [2.75, 3.05) is 11.9 Å². The van der Waals surface area contributed by atoms with Crippen molar-refractivity contribution in [3.63, 3.8) is 0 Å². The molecule has 0 saturated carbocycles. The maximum Gasteiger partial charge on any atom is 0.247 e. The van der Waals surface area contributed by atoms with Crippen LogP contribution in [0.2, 0.25) is 0 Å². The minimum atomic E-state index is -0.306. The van der Waals surface area contributed by atoms with Gasteiger partial charge in [0.25, 0.3) is 0 Å². The molecule has 0 saturated heterocycles. The van der Waals surface area contributed by atoms with Crippen LogP contribution >= 0.6 is 0 Å². The Labute approximate surface area is 171 Å². The number of nitrogens with zero attached hydrogens (tertiary/aromatic N) is 4. The Hall–Kier alpha value is -2.70. The first-order chi connectivity index (χ1) is 14.0. The molecule has 1 aliphatic carbocycles. The minimum absolute atomic E-state index is 0.175. The van der Waals surface area contributed by atoms with E-state index in [2.05, 4.69) is 47.7 Å². The molecule has 0 bridgehead atoms. The van der Waals surface area contributed by atoms with Gasteiger partial charge in [-0.25, -0.2) is 4.68 Å². The number of ketones is 1. The molecule has 2 aliphatic rings. The molecule has 1 aliphatic heterocycles. The smallest absolute Gasteiger partial charge is 0.247 e. The third-order valence-electron chi connectivity index (χ3n) is 5.67. The first-order valence-corrected chi connectivity index (χ1v) is 10.5. The summed E-state index contributed by atoms with van der Waals surface area (Å²) in [4.78, 5) is 13.1. The number of hydrogen-bond donors (Lipinski definition) is 1. The van der Waals surface area contributed by atoms with E-state index in [0.29, 0.717) is 12.4 Å². The summed E-state index contributed by atoms with van der Waals surface area (Å²) in [6.07, 6.45) is 7.39. The molecule has 4 rings (SSSR count). The first-order valence-electron chi connectivity index (χ1n) is 10.5. The summed E-state index contributed by atoms with van der Waals surface area (Å²) >= 11 is 0. The lowest BCUT2D eigenvalue weighted by molar-refractivity contribution is -0.125. The number of benzene rings is 1. The molecular weight excluding hydrogens is 366 g/mol. The second kappa shape index (κ2) is 7.97. The van der Waals surface area contributed by atoms with Gasteiger partial charge in [0, 0.05) is 12.1 Å². The van der Waals surface area contributed by atoms with Gasteiger partial charge in [-0.3, -0.25) is 4.79 Å². The molecule has 7 heteroatoms. The quantitative estimate of drug-likeness (QED) is 0.710. The Morgan fingerprint density at radius 1 is 1.21 bits per heavy atom. The molecule has 1 aromatic carbocycles. The first kappa shape index (κ1) is 19.6. The van der Waals surface area contributed by atoms with Crippen LogP contribution in [0.4, 0.5) is 5.95 Å². The van der Waals surface area contributed by atoms with Crippen LogP contribution in [0.1, 0.15) is 64.5 Å². The van der Waals surface area contributed by atoms with E-state index in [1.165, 1.54) is 19.3 Å². The third-order valence-corrected chi connectivity index (χ3v) is 5.67. The number of tetrazole rings is 1. The van der Waals surface area contributed by atoms with Gasteiger partial charge < -0.3 is 10.1 Å². The second-order valence-corrected chi connectivity index (χ2v) is 8.70. The predicted octanol–water partition coefficient (Wildman–Crippen LogP) is 4.15. The predicted molar refractivity (Wildman–Crippen MR) is 111 cm³/mol.